The van der Waals surface area contributed by atoms with E-state index >= 15 is 0 Å². The summed E-state index contributed by atoms with van der Waals surface area (Å²) in [5.74, 6) is 0.349. The van der Waals surface area contributed by atoms with E-state index in [1.54, 1.807) is 12.1 Å². The van der Waals surface area contributed by atoms with Crippen molar-refractivity contribution in [1.29, 1.82) is 0 Å². The van der Waals surface area contributed by atoms with Crippen molar-refractivity contribution in [2.24, 2.45) is 0 Å². The topological polar surface area (TPSA) is 54.4 Å². The normalized spacial score (nSPS) is 13.1. The summed E-state index contributed by atoms with van der Waals surface area (Å²) in [7, 11) is -4.13. The number of hydrogen-bond donors (Lipinski definition) is 1. The molecule has 0 aliphatic carbocycles. The van der Waals surface area contributed by atoms with Crippen LogP contribution in [0.4, 0.5) is 0 Å². The Bertz CT molecular complexity index is 561. The van der Waals surface area contributed by atoms with E-state index in [9.17, 15) is 13.0 Å². The first kappa shape index (κ1) is 17.9. The van der Waals surface area contributed by atoms with Crippen LogP contribution in [0.5, 0.6) is 0 Å². The quantitative estimate of drug-likeness (QED) is 0.402. The molecule has 1 rings (SSSR count). The van der Waals surface area contributed by atoms with Crippen LogP contribution in [0.1, 0.15) is 62.5 Å². The Morgan fingerprint density at radius 3 is 2.57 bits per heavy atom. The Balaban J connectivity index is 2.98. The lowest BCUT2D eigenvalue weighted by Crippen LogP contribution is -2.05. The van der Waals surface area contributed by atoms with Gasteiger partial charge in [-0.25, -0.2) is 0 Å². The molecule has 0 bridgehead atoms. The summed E-state index contributed by atoms with van der Waals surface area (Å²) in [4.78, 5) is -0.00436. The van der Waals surface area contributed by atoms with Crippen molar-refractivity contribution in [2.75, 3.05) is 0 Å². The predicted octanol–water partition coefficient (Wildman–Crippen LogP) is 4.87. The first-order chi connectivity index (χ1) is 9.90. The van der Waals surface area contributed by atoms with Crippen LogP contribution in [0.25, 0.3) is 0 Å². The summed E-state index contributed by atoms with van der Waals surface area (Å²) in [5.41, 5.74) is 2.13. The molecule has 118 valence electrons. The minimum Gasteiger partial charge on any atom is -0.282 e. The Morgan fingerprint density at radius 1 is 1.29 bits per heavy atom. The number of benzene rings is 1. The Labute approximate surface area is 128 Å². The molecular weight excluding hydrogens is 284 g/mol. The van der Waals surface area contributed by atoms with Gasteiger partial charge in [0.1, 0.15) is 0 Å². The third kappa shape index (κ3) is 5.64. The molecule has 0 unspecified atom stereocenters. The average Bonchev–Trinajstić information content (AvgIpc) is 2.42. The Morgan fingerprint density at radius 2 is 2.00 bits per heavy atom. The molecule has 0 amide bonds. The van der Waals surface area contributed by atoms with Gasteiger partial charge in [0.25, 0.3) is 10.1 Å². The minimum atomic E-state index is -4.13. The van der Waals surface area contributed by atoms with Crippen molar-refractivity contribution in [3.8, 4) is 0 Å². The number of allylic oxidation sites excluding steroid dienone is 1. The van der Waals surface area contributed by atoms with Gasteiger partial charge in [-0.1, -0.05) is 31.9 Å². The van der Waals surface area contributed by atoms with Crippen LogP contribution in [0, 0.1) is 6.92 Å². The summed E-state index contributed by atoms with van der Waals surface area (Å²) in [6, 6.07) is 4.89. The highest BCUT2D eigenvalue weighted by Crippen LogP contribution is 2.31. The molecule has 0 spiro atoms. The molecule has 21 heavy (non-hydrogen) atoms. The summed E-state index contributed by atoms with van der Waals surface area (Å²) in [6.45, 7) is 7.86. The number of rotatable bonds is 9. The highest BCUT2D eigenvalue weighted by Gasteiger charge is 2.17. The molecule has 0 fully saturated rings. The second kappa shape index (κ2) is 8.35. The summed E-state index contributed by atoms with van der Waals surface area (Å²) >= 11 is 0. The largest absolute Gasteiger partial charge is 0.294 e. The smallest absolute Gasteiger partial charge is 0.282 e. The molecule has 0 aliphatic heterocycles. The van der Waals surface area contributed by atoms with E-state index in [0.717, 1.165) is 49.7 Å². The molecule has 4 heteroatoms. The fourth-order valence-corrected chi connectivity index (χ4v) is 3.22. The van der Waals surface area contributed by atoms with Crippen molar-refractivity contribution in [1.82, 2.24) is 0 Å². The van der Waals surface area contributed by atoms with Crippen molar-refractivity contribution in [2.45, 2.75) is 63.2 Å². The third-order valence-corrected chi connectivity index (χ3v) is 4.69. The first-order valence-electron chi connectivity index (χ1n) is 7.59. The second-order valence-electron chi connectivity index (χ2n) is 5.55. The van der Waals surface area contributed by atoms with Crippen LogP contribution in [0.2, 0.25) is 0 Å². The molecule has 0 heterocycles. The zero-order chi connectivity index (χ0) is 15.9. The highest BCUT2D eigenvalue weighted by atomic mass is 32.2. The molecule has 0 saturated heterocycles. The third-order valence-electron chi connectivity index (χ3n) is 3.84. The van der Waals surface area contributed by atoms with Crippen LogP contribution < -0.4 is 0 Å². The number of unbranched alkanes of at least 4 members (excludes halogenated alkanes) is 2. The van der Waals surface area contributed by atoms with E-state index < -0.39 is 10.1 Å². The number of aryl methyl sites for hydroxylation is 1. The van der Waals surface area contributed by atoms with Gasteiger partial charge < -0.3 is 0 Å². The van der Waals surface area contributed by atoms with E-state index in [-0.39, 0.29) is 4.90 Å². The van der Waals surface area contributed by atoms with Crippen molar-refractivity contribution in [3.63, 3.8) is 0 Å². The Hall–Kier alpha value is -1.13. The Kier molecular flexibility index (Phi) is 7.12. The van der Waals surface area contributed by atoms with Crippen LogP contribution >= 0.6 is 0 Å². The van der Waals surface area contributed by atoms with E-state index in [1.807, 2.05) is 13.0 Å². The van der Waals surface area contributed by atoms with E-state index in [2.05, 4.69) is 13.5 Å². The zero-order valence-corrected chi connectivity index (χ0v) is 13.8. The molecule has 1 aromatic carbocycles. The molecule has 1 atom stereocenters. The number of hydrogen-bond acceptors (Lipinski definition) is 2. The van der Waals surface area contributed by atoms with Gasteiger partial charge in [-0.15, -0.1) is 6.58 Å². The predicted molar refractivity (Wildman–Crippen MR) is 87.3 cm³/mol. The van der Waals surface area contributed by atoms with Gasteiger partial charge in [0, 0.05) is 0 Å². The monoisotopic (exact) mass is 310 g/mol. The molecule has 1 N–H and O–H groups in total. The molecule has 1 aromatic rings. The molecular formula is C17H26O3S. The summed E-state index contributed by atoms with van der Waals surface area (Å²) < 4.78 is 31.9. The summed E-state index contributed by atoms with van der Waals surface area (Å²) in [5, 5.41) is 0. The van der Waals surface area contributed by atoms with E-state index in [1.165, 1.54) is 6.07 Å². The fraction of sp³-hybridized carbons (Fsp3) is 0.529. The van der Waals surface area contributed by atoms with Crippen molar-refractivity contribution >= 4 is 10.1 Å². The molecule has 0 aromatic heterocycles. The first-order valence-corrected chi connectivity index (χ1v) is 9.03. The minimum absolute atomic E-state index is 0.00436. The van der Waals surface area contributed by atoms with Crippen LogP contribution in [0.3, 0.4) is 0 Å². The lowest BCUT2D eigenvalue weighted by Gasteiger charge is -2.19. The average molecular weight is 310 g/mol. The van der Waals surface area contributed by atoms with Gasteiger partial charge in [-0.3, -0.25) is 4.55 Å². The van der Waals surface area contributed by atoms with E-state index in [0.29, 0.717) is 5.92 Å². The van der Waals surface area contributed by atoms with Crippen molar-refractivity contribution in [3.05, 3.63) is 42.0 Å². The molecule has 0 saturated carbocycles. The maximum atomic E-state index is 11.3. The van der Waals surface area contributed by atoms with Gasteiger partial charge in [0.15, 0.2) is 0 Å². The maximum absolute atomic E-state index is 11.3. The van der Waals surface area contributed by atoms with Gasteiger partial charge in [0.2, 0.25) is 0 Å². The van der Waals surface area contributed by atoms with Gasteiger partial charge >= 0.3 is 0 Å². The van der Waals surface area contributed by atoms with E-state index in [4.69, 9.17) is 0 Å². The standard InChI is InChI=1S/C17H26O3S/c1-4-6-7-8-10-15(9-5-2)17-13-16(21(18,19)20)12-11-14(17)3/h4,11-13,15H,1,5-10H2,2-3H3,(H,18,19,20)/t15-/m0/s1. The van der Waals surface area contributed by atoms with Gasteiger partial charge in [0.05, 0.1) is 4.90 Å². The summed E-state index contributed by atoms with van der Waals surface area (Å²) in [6.07, 6.45) is 8.29. The SMILES string of the molecule is C=CCCCC[C@H](CCC)c1cc(S(=O)(=O)O)ccc1C. The maximum Gasteiger partial charge on any atom is 0.294 e. The molecule has 0 radical (unpaired) electrons. The molecule has 0 aliphatic rings. The van der Waals surface area contributed by atoms with Crippen LogP contribution in [-0.2, 0) is 10.1 Å². The van der Waals surface area contributed by atoms with Crippen molar-refractivity contribution < 1.29 is 13.0 Å². The second-order valence-corrected chi connectivity index (χ2v) is 6.97. The lowest BCUT2D eigenvalue weighted by atomic mass is 9.87. The van der Waals surface area contributed by atoms with Gasteiger partial charge in [-0.05, 0) is 61.8 Å². The van der Waals surface area contributed by atoms with Crippen LogP contribution in [-0.4, -0.2) is 13.0 Å². The van der Waals surface area contributed by atoms with Gasteiger partial charge in [-0.2, -0.15) is 8.42 Å². The molecule has 3 nitrogen and oxygen atoms in total. The lowest BCUT2D eigenvalue weighted by molar-refractivity contribution is 0.482. The zero-order valence-electron chi connectivity index (χ0n) is 13.0. The fourth-order valence-electron chi connectivity index (χ4n) is 2.70. The van der Waals surface area contributed by atoms with Crippen LogP contribution in [0.15, 0.2) is 35.7 Å². The highest BCUT2D eigenvalue weighted by molar-refractivity contribution is 7.85.